The number of carbonyl (C=O) groups excluding carboxylic acids is 1. The first-order chi connectivity index (χ1) is 9.15. The summed E-state index contributed by atoms with van der Waals surface area (Å²) in [6.07, 6.45) is 3.48. The van der Waals surface area contributed by atoms with E-state index in [4.69, 9.17) is 5.73 Å². The zero-order valence-corrected chi connectivity index (χ0v) is 11.5. The lowest BCUT2D eigenvalue weighted by Gasteiger charge is -2.17. The standard InChI is InChI=1S/C15H23N3O/c1-11(16)6-8-17-9-7-12-2-4-14-13(10-12)3-5-15(19)18-14/h2,4,10-11,17H,3,5-9,16H2,1H3,(H,18,19). The number of carbonyl (C=O) groups is 1. The quantitative estimate of drug-likeness (QED) is 0.679. The Labute approximate surface area is 114 Å². The second-order valence-corrected chi connectivity index (χ2v) is 5.31. The lowest BCUT2D eigenvalue weighted by molar-refractivity contribution is -0.116. The van der Waals surface area contributed by atoms with E-state index in [1.807, 2.05) is 13.0 Å². The largest absolute Gasteiger partial charge is 0.328 e. The number of nitrogens with two attached hydrogens (primary N) is 1. The third-order valence-electron chi connectivity index (χ3n) is 3.43. The maximum Gasteiger partial charge on any atom is 0.224 e. The van der Waals surface area contributed by atoms with E-state index < -0.39 is 0 Å². The third kappa shape index (κ3) is 4.33. The minimum atomic E-state index is 0.123. The molecule has 1 aliphatic rings. The van der Waals surface area contributed by atoms with Crippen LogP contribution >= 0.6 is 0 Å². The van der Waals surface area contributed by atoms with Gasteiger partial charge in [0.1, 0.15) is 0 Å². The molecule has 0 fully saturated rings. The lowest BCUT2D eigenvalue weighted by atomic mass is 9.99. The molecule has 0 spiro atoms. The van der Waals surface area contributed by atoms with Gasteiger partial charge in [0, 0.05) is 18.2 Å². The molecule has 1 aromatic rings. The van der Waals surface area contributed by atoms with Gasteiger partial charge in [-0.2, -0.15) is 0 Å². The van der Waals surface area contributed by atoms with E-state index in [1.54, 1.807) is 0 Å². The zero-order valence-electron chi connectivity index (χ0n) is 11.5. The van der Waals surface area contributed by atoms with E-state index in [-0.39, 0.29) is 11.9 Å². The van der Waals surface area contributed by atoms with Crippen molar-refractivity contribution in [3.05, 3.63) is 29.3 Å². The van der Waals surface area contributed by atoms with E-state index in [0.717, 1.165) is 38.0 Å². The van der Waals surface area contributed by atoms with Gasteiger partial charge in [-0.15, -0.1) is 0 Å². The molecule has 1 aromatic carbocycles. The fourth-order valence-electron chi connectivity index (χ4n) is 2.28. The fraction of sp³-hybridized carbons (Fsp3) is 0.533. The van der Waals surface area contributed by atoms with Gasteiger partial charge in [0.15, 0.2) is 0 Å². The summed E-state index contributed by atoms with van der Waals surface area (Å²) in [5, 5.41) is 6.31. The molecular formula is C15H23N3O. The van der Waals surface area contributed by atoms with Gasteiger partial charge in [-0.05, 0) is 56.5 Å². The molecule has 1 aliphatic heterocycles. The summed E-state index contributed by atoms with van der Waals surface area (Å²) < 4.78 is 0. The summed E-state index contributed by atoms with van der Waals surface area (Å²) in [7, 11) is 0. The molecule has 1 unspecified atom stereocenters. The van der Waals surface area contributed by atoms with E-state index in [9.17, 15) is 4.79 Å². The van der Waals surface area contributed by atoms with Crippen LogP contribution in [0.2, 0.25) is 0 Å². The minimum Gasteiger partial charge on any atom is -0.328 e. The number of hydrogen-bond donors (Lipinski definition) is 3. The van der Waals surface area contributed by atoms with Crippen LogP contribution in [0.1, 0.15) is 30.9 Å². The second kappa shape index (κ2) is 6.68. The van der Waals surface area contributed by atoms with Crippen molar-refractivity contribution in [3.63, 3.8) is 0 Å². The summed E-state index contributed by atoms with van der Waals surface area (Å²) in [6, 6.07) is 6.59. The highest BCUT2D eigenvalue weighted by Gasteiger charge is 2.14. The number of amides is 1. The number of nitrogens with one attached hydrogen (secondary N) is 2. The van der Waals surface area contributed by atoms with Crippen molar-refractivity contribution in [2.75, 3.05) is 18.4 Å². The Morgan fingerprint density at radius 2 is 2.21 bits per heavy atom. The van der Waals surface area contributed by atoms with Crippen LogP contribution < -0.4 is 16.4 Å². The summed E-state index contributed by atoms with van der Waals surface area (Å²) in [4.78, 5) is 11.3. The first kappa shape index (κ1) is 14.0. The van der Waals surface area contributed by atoms with Gasteiger partial charge < -0.3 is 16.4 Å². The smallest absolute Gasteiger partial charge is 0.224 e. The average Bonchev–Trinajstić information content (AvgIpc) is 2.38. The molecule has 0 aromatic heterocycles. The summed E-state index contributed by atoms with van der Waals surface area (Å²) in [5.41, 5.74) is 9.26. The van der Waals surface area contributed by atoms with E-state index in [0.29, 0.717) is 6.42 Å². The molecule has 4 nitrogen and oxygen atoms in total. The Morgan fingerprint density at radius 1 is 1.37 bits per heavy atom. The molecule has 0 aliphatic carbocycles. The predicted octanol–water partition coefficient (Wildman–Crippen LogP) is 1.44. The van der Waals surface area contributed by atoms with Crippen LogP contribution in [0.4, 0.5) is 5.69 Å². The Bertz CT molecular complexity index is 443. The van der Waals surface area contributed by atoms with Gasteiger partial charge in [0.25, 0.3) is 0 Å². The van der Waals surface area contributed by atoms with Crippen molar-refractivity contribution < 1.29 is 4.79 Å². The molecular weight excluding hydrogens is 238 g/mol. The fourth-order valence-corrected chi connectivity index (χ4v) is 2.28. The number of aryl methyl sites for hydroxylation is 1. The Balaban J connectivity index is 1.80. The molecule has 1 amide bonds. The lowest BCUT2D eigenvalue weighted by Crippen LogP contribution is -2.25. The van der Waals surface area contributed by atoms with Crippen LogP contribution in [-0.4, -0.2) is 25.0 Å². The topological polar surface area (TPSA) is 67.1 Å². The Morgan fingerprint density at radius 3 is 3.00 bits per heavy atom. The second-order valence-electron chi connectivity index (χ2n) is 5.31. The number of fused-ring (bicyclic) bond motifs is 1. The average molecular weight is 261 g/mol. The van der Waals surface area contributed by atoms with E-state index in [2.05, 4.69) is 22.8 Å². The molecule has 0 bridgehead atoms. The van der Waals surface area contributed by atoms with Gasteiger partial charge in [0.2, 0.25) is 5.91 Å². The van der Waals surface area contributed by atoms with Crippen molar-refractivity contribution in [1.82, 2.24) is 5.32 Å². The molecule has 1 heterocycles. The van der Waals surface area contributed by atoms with Crippen LogP contribution in [0.15, 0.2) is 18.2 Å². The van der Waals surface area contributed by atoms with Crippen molar-refractivity contribution in [2.45, 2.75) is 38.6 Å². The van der Waals surface area contributed by atoms with Crippen molar-refractivity contribution in [3.8, 4) is 0 Å². The highest BCUT2D eigenvalue weighted by Crippen LogP contribution is 2.23. The summed E-state index contributed by atoms with van der Waals surface area (Å²) >= 11 is 0. The van der Waals surface area contributed by atoms with E-state index in [1.165, 1.54) is 11.1 Å². The molecule has 104 valence electrons. The summed E-state index contributed by atoms with van der Waals surface area (Å²) in [5.74, 6) is 0.123. The van der Waals surface area contributed by atoms with Gasteiger partial charge in [0.05, 0.1) is 0 Å². The first-order valence-corrected chi connectivity index (χ1v) is 7.03. The number of benzene rings is 1. The maximum atomic E-state index is 11.3. The SMILES string of the molecule is CC(N)CCNCCc1ccc2c(c1)CCC(=O)N2. The van der Waals surface area contributed by atoms with Crippen molar-refractivity contribution in [1.29, 1.82) is 0 Å². The zero-order chi connectivity index (χ0) is 13.7. The van der Waals surface area contributed by atoms with E-state index >= 15 is 0 Å². The highest BCUT2D eigenvalue weighted by atomic mass is 16.1. The normalized spacial score (nSPS) is 15.8. The molecule has 4 heteroatoms. The van der Waals surface area contributed by atoms with Crippen molar-refractivity contribution in [2.24, 2.45) is 5.73 Å². The molecule has 0 saturated heterocycles. The number of anilines is 1. The minimum absolute atomic E-state index is 0.123. The van der Waals surface area contributed by atoms with Gasteiger partial charge in [-0.1, -0.05) is 12.1 Å². The van der Waals surface area contributed by atoms with Crippen LogP contribution in [0.5, 0.6) is 0 Å². The van der Waals surface area contributed by atoms with Crippen LogP contribution in [0, 0.1) is 0 Å². The molecule has 0 radical (unpaired) electrons. The van der Waals surface area contributed by atoms with Gasteiger partial charge in [-0.25, -0.2) is 0 Å². The molecule has 0 saturated carbocycles. The third-order valence-corrected chi connectivity index (χ3v) is 3.43. The number of rotatable bonds is 6. The number of hydrogen-bond acceptors (Lipinski definition) is 3. The highest BCUT2D eigenvalue weighted by molar-refractivity contribution is 5.93. The van der Waals surface area contributed by atoms with Crippen molar-refractivity contribution >= 4 is 11.6 Å². The molecule has 1 atom stereocenters. The summed E-state index contributed by atoms with van der Waals surface area (Å²) in [6.45, 7) is 3.97. The molecule has 19 heavy (non-hydrogen) atoms. The van der Waals surface area contributed by atoms with Crippen LogP contribution in [-0.2, 0) is 17.6 Å². The van der Waals surface area contributed by atoms with Crippen LogP contribution in [0.3, 0.4) is 0 Å². The molecule has 4 N–H and O–H groups in total. The Hall–Kier alpha value is -1.39. The Kier molecular flexibility index (Phi) is 4.93. The van der Waals surface area contributed by atoms with Gasteiger partial charge >= 0.3 is 0 Å². The predicted molar refractivity (Wildman–Crippen MR) is 78.2 cm³/mol. The monoisotopic (exact) mass is 261 g/mol. The first-order valence-electron chi connectivity index (χ1n) is 7.03. The maximum absolute atomic E-state index is 11.3. The van der Waals surface area contributed by atoms with Crippen LogP contribution in [0.25, 0.3) is 0 Å². The molecule has 2 rings (SSSR count). The van der Waals surface area contributed by atoms with Gasteiger partial charge in [-0.3, -0.25) is 4.79 Å².